The SMILES string of the molecule is Cc1cc(/C=C/c2ccn(C)n2)cnc1Br. The average molecular weight is 278 g/mol. The summed E-state index contributed by atoms with van der Waals surface area (Å²) in [5.41, 5.74) is 3.15. The second-order valence-corrected chi connectivity index (χ2v) is 4.38. The maximum atomic E-state index is 4.27. The monoisotopic (exact) mass is 277 g/mol. The van der Waals surface area contributed by atoms with E-state index in [1.807, 2.05) is 44.6 Å². The van der Waals surface area contributed by atoms with Crippen LogP contribution in [-0.4, -0.2) is 14.8 Å². The molecule has 0 N–H and O–H groups in total. The maximum Gasteiger partial charge on any atom is 0.109 e. The number of pyridine rings is 1. The Bertz CT molecular complexity index is 529. The summed E-state index contributed by atoms with van der Waals surface area (Å²) in [4.78, 5) is 4.24. The summed E-state index contributed by atoms with van der Waals surface area (Å²) in [5.74, 6) is 0. The lowest BCUT2D eigenvalue weighted by molar-refractivity contribution is 0.765. The Morgan fingerprint density at radius 3 is 2.81 bits per heavy atom. The molecule has 2 aromatic heterocycles. The van der Waals surface area contributed by atoms with Crippen LogP contribution in [0.25, 0.3) is 12.2 Å². The fourth-order valence-electron chi connectivity index (χ4n) is 1.37. The second kappa shape index (κ2) is 4.61. The fraction of sp³-hybridized carbons (Fsp3) is 0.167. The summed E-state index contributed by atoms with van der Waals surface area (Å²) >= 11 is 3.38. The van der Waals surface area contributed by atoms with E-state index in [1.54, 1.807) is 4.68 Å². The minimum absolute atomic E-state index is 0.891. The highest BCUT2D eigenvalue weighted by molar-refractivity contribution is 9.10. The van der Waals surface area contributed by atoms with Crippen LogP contribution >= 0.6 is 15.9 Å². The summed E-state index contributed by atoms with van der Waals surface area (Å²) in [5, 5.41) is 4.27. The zero-order valence-electron chi connectivity index (χ0n) is 9.18. The Labute approximate surface area is 103 Å². The predicted octanol–water partition coefficient (Wildman–Crippen LogP) is 3.06. The lowest BCUT2D eigenvalue weighted by Gasteiger charge is -1.97. The molecule has 4 heteroatoms. The van der Waals surface area contributed by atoms with Crippen molar-refractivity contribution in [3.63, 3.8) is 0 Å². The molecule has 2 rings (SSSR count). The van der Waals surface area contributed by atoms with Gasteiger partial charge in [0.05, 0.1) is 5.69 Å². The van der Waals surface area contributed by atoms with Crippen molar-refractivity contribution >= 4 is 28.1 Å². The van der Waals surface area contributed by atoms with Crippen LogP contribution in [0.5, 0.6) is 0 Å². The normalized spacial score (nSPS) is 11.2. The molecule has 0 saturated heterocycles. The summed E-state index contributed by atoms with van der Waals surface area (Å²) in [7, 11) is 1.91. The molecule has 0 unspecified atom stereocenters. The number of hydrogen-bond acceptors (Lipinski definition) is 2. The van der Waals surface area contributed by atoms with Crippen molar-refractivity contribution in [3.8, 4) is 0 Å². The summed E-state index contributed by atoms with van der Waals surface area (Å²) in [6.45, 7) is 2.02. The van der Waals surface area contributed by atoms with E-state index in [0.29, 0.717) is 0 Å². The topological polar surface area (TPSA) is 30.7 Å². The Kier molecular flexibility index (Phi) is 3.19. The highest BCUT2D eigenvalue weighted by atomic mass is 79.9. The first-order chi connectivity index (χ1) is 7.65. The van der Waals surface area contributed by atoms with E-state index in [2.05, 4.69) is 32.1 Å². The molecule has 0 aliphatic carbocycles. The van der Waals surface area contributed by atoms with Crippen molar-refractivity contribution < 1.29 is 0 Å². The third kappa shape index (κ3) is 2.58. The molecule has 0 aliphatic heterocycles. The fourth-order valence-corrected chi connectivity index (χ4v) is 1.59. The summed E-state index contributed by atoms with van der Waals surface area (Å²) < 4.78 is 2.67. The smallest absolute Gasteiger partial charge is 0.109 e. The van der Waals surface area contributed by atoms with Crippen molar-refractivity contribution in [2.75, 3.05) is 0 Å². The molecule has 0 saturated carbocycles. The van der Waals surface area contributed by atoms with Gasteiger partial charge in [-0.25, -0.2) is 4.98 Å². The Balaban J connectivity index is 2.20. The van der Waals surface area contributed by atoms with E-state index in [1.165, 1.54) is 0 Å². The minimum atomic E-state index is 0.891. The van der Waals surface area contributed by atoms with Crippen LogP contribution in [0, 0.1) is 6.92 Å². The van der Waals surface area contributed by atoms with E-state index in [0.717, 1.165) is 21.4 Å². The molecular formula is C12H12BrN3. The van der Waals surface area contributed by atoms with E-state index < -0.39 is 0 Å². The summed E-state index contributed by atoms with van der Waals surface area (Å²) in [6.07, 6.45) is 7.74. The molecule has 3 nitrogen and oxygen atoms in total. The first-order valence-corrected chi connectivity index (χ1v) is 5.74. The quantitative estimate of drug-likeness (QED) is 0.790. The van der Waals surface area contributed by atoms with Gasteiger partial charge in [0.1, 0.15) is 4.60 Å². The largest absolute Gasteiger partial charge is 0.275 e. The van der Waals surface area contributed by atoms with Crippen LogP contribution < -0.4 is 0 Å². The third-order valence-electron chi connectivity index (χ3n) is 2.22. The number of nitrogens with zero attached hydrogens (tertiary/aromatic N) is 3. The maximum absolute atomic E-state index is 4.27. The van der Waals surface area contributed by atoms with Crippen LogP contribution in [0.3, 0.4) is 0 Å². The first kappa shape index (κ1) is 11.1. The van der Waals surface area contributed by atoms with Gasteiger partial charge in [0, 0.05) is 19.4 Å². The van der Waals surface area contributed by atoms with Gasteiger partial charge in [-0.15, -0.1) is 0 Å². The highest BCUT2D eigenvalue weighted by Gasteiger charge is 1.96. The number of aromatic nitrogens is 3. The highest BCUT2D eigenvalue weighted by Crippen LogP contribution is 2.15. The zero-order chi connectivity index (χ0) is 11.5. The molecule has 0 spiro atoms. The van der Waals surface area contributed by atoms with Crippen molar-refractivity contribution in [1.82, 2.24) is 14.8 Å². The zero-order valence-corrected chi connectivity index (χ0v) is 10.8. The molecule has 0 amide bonds. The molecule has 2 aromatic rings. The van der Waals surface area contributed by atoms with Crippen LogP contribution in [0.4, 0.5) is 0 Å². The Hall–Kier alpha value is -1.42. The average Bonchev–Trinajstić information content (AvgIpc) is 2.66. The van der Waals surface area contributed by atoms with Crippen LogP contribution in [-0.2, 0) is 7.05 Å². The molecule has 16 heavy (non-hydrogen) atoms. The van der Waals surface area contributed by atoms with E-state index in [-0.39, 0.29) is 0 Å². The van der Waals surface area contributed by atoms with Crippen LogP contribution in [0.2, 0.25) is 0 Å². The lowest BCUT2D eigenvalue weighted by Crippen LogP contribution is -1.87. The third-order valence-corrected chi connectivity index (χ3v) is 3.05. The number of aryl methyl sites for hydroxylation is 2. The van der Waals surface area contributed by atoms with Crippen molar-refractivity contribution in [2.45, 2.75) is 6.92 Å². The van der Waals surface area contributed by atoms with Crippen molar-refractivity contribution in [3.05, 3.63) is 46.0 Å². The molecule has 0 radical (unpaired) electrons. The Morgan fingerprint density at radius 2 is 2.19 bits per heavy atom. The summed E-state index contributed by atoms with van der Waals surface area (Å²) in [6, 6.07) is 4.05. The van der Waals surface area contributed by atoms with Gasteiger partial charge in [-0.2, -0.15) is 5.10 Å². The van der Waals surface area contributed by atoms with Crippen molar-refractivity contribution in [1.29, 1.82) is 0 Å². The molecule has 0 bridgehead atoms. The van der Waals surface area contributed by atoms with Gasteiger partial charge in [-0.05, 0) is 52.2 Å². The number of hydrogen-bond donors (Lipinski definition) is 0. The van der Waals surface area contributed by atoms with Crippen LogP contribution in [0.1, 0.15) is 16.8 Å². The van der Waals surface area contributed by atoms with Crippen LogP contribution in [0.15, 0.2) is 29.1 Å². The standard InChI is InChI=1S/C12H12BrN3/c1-9-7-10(8-14-12(9)13)3-4-11-5-6-16(2)15-11/h3-8H,1-2H3/b4-3+. The molecule has 2 heterocycles. The molecule has 0 atom stereocenters. The molecule has 0 aromatic carbocycles. The van der Waals surface area contributed by atoms with Gasteiger partial charge in [0.25, 0.3) is 0 Å². The van der Waals surface area contributed by atoms with E-state index in [9.17, 15) is 0 Å². The van der Waals surface area contributed by atoms with Gasteiger partial charge in [-0.3, -0.25) is 4.68 Å². The van der Waals surface area contributed by atoms with Gasteiger partial charge in [0.2, 0.25) is 0 Å². The molecular weight excluding hydrogens is 266 g/mol. The van der Waals surface area contributed by atoms with Gasteiger partial charge in [0.15, 0.2) is 0 Å². The lowest BCUT2D eigenvalue weighted by atomic mass is 10.2. The van der Waals surface area contributed by atoms with E-state index in [4.69, 9.17) is 0 Å². The van der Waals surface area contributed by atoms with Gasteiger partial charge < -0.3 is 0 Å². The Morgan fingerprint density at radius 1 is 1.38 bits per heavy atom. The van der Waals surface area contributed by atoms with Crippen molar-refractivity contribution in [2.24, 2.45) is 7.05 Å². The first-order valence-electron chi connectivity index (χ1n) is 4.95. The molecule has 0 fully saturated rings. The molecule has 82 valence electrons. The predicted molar refractivity (Wildman–Crippen MR) is 68.8 cm³/mol. The molecule has 0 aliphatic rings. The number of rotatable bonds is 2. The van der Waals surface area contributed by atoms with Gasteiger partial charge in [-0.1, -0.05) is 6.08 Å². The minimum Gasteiger partial charge on any atom is -0.275 e. The van der Waals surface area contributed by atoms with Gasteiger partial charge >= 0.3 is 0 Å². The van der Waals surface area contributed by atoms with E-state index >= 15 is 0 Å². The second-order valence-electron chi connectivity index (χ2n) is 3.62. The number of halogens is 1.